The Morgan fingerprint density at radius 1 is 0.950 bits per heavy atom. The van der Waals surface area contributed by atoms with Crippen LogP contribution >= 0.6 is 0 Å². The van der Waals surface area contributed by atoms with Crippen LogP contribution in [-0.4, -0.2) is 11.0 Å². The minimum atomic E-state index is -4.52. The molecule has 3 nitrogen and oxygen atoms in total. The van der Waals surface area contributed by atoms with Crippen LogP contribution in [0, 0.1) is 0 Å². The van der Waals surface area contributed by atoms with Crippen LogP contribution < -0.4 is 5.48 Å². The largest absolute Gasteiger partial charge is 0.417 e. The van der Waals surface area contributed by atoms with Gasteiger partial charge in [0.2, 0.25) is 0 Å². The number of nitrogens with zero attached hydrogens (tertiary/aromatic N) is 1. The van der Waals surface area contributed by atoms with E-state index < -0.39 is 11.7 Å². The molecule has 0 bridgehead atoms. The fourth-order valence-electron chi connectivity index (χ4n) is 1.71. The van der Waals surface area contributed by atoms with E-state index in [1.165, 1.54) is 18.2 Å². The first-order valence-corrected chi connectivity index (χ1v) is 5.73. The molecule has 2 N–H and O–H groups in total. The summed E-state index contributed by atoms with van der Waals surface area (Å²) in [6.07, 6.45) is -4.52. The van der Waals surface area contributed by atoms with Gasteiger partial charge in [0, 0.05) is 5.56 Å². The lowest BCUT2D eigenvalue weighted by atomic mass is 10.1. The molecule has 0 aliphatic carbocycles. The second-order valence-corrected chi connectivity index (χ2v) is 3.95. The summed E-state index contributed by atoms with van der Waals surface area (Å²) in [6, 6.07) is 13.3. The molecule has 0 saturated carbocycles. The van der Waals surface area contributed by atoms with Gasteiger partial charge >= 0.3 is 6.18 Å². The molecule has 104 valence electrons. The van der Waals surface area contributed by atoms with E-state index in [4.69, 9.17) is 5.21 Å². The third-order valence-electron chi connectivity index (χ3n) is 2.59. The van der Waals surface area contributed by atoms with E-state index in [2.05, 4.69) is 4.99 Å². The molecule has 0 radical (unpaired) electrons. The maximum absolute atomic E-state index is 12.9. The van der Waals surface area contributed by atoms with Gasteiger partial charge in [-0.2, -0.15) is 13.2 Å². The van der Waals surface area contributed by atoms with Crippen LogP contribution in [0.5, 0.6) is 0 Å². The van der Waals surface area contributed by atoms with Crippen molar-refractivity contribution in [2.24, 2.45) is 4.99 Å². The summed E-state index contributed by atoms with van der Waals surface area (Å²) >= 11 is 0. The zero-order valence-corrected chi connectivity index (χ0v) is 10.2. The molecule has 0 atom stereocenters. The first-order chi connectivity index (χ1) is 9.52. The second-order valence-electron chi connectivity index (χ2n) is 3.95. The van der Waals surface area contributed by atoms with Crippen LogP contribution in [0.1, 0.15) is 11.1 Å². The summed E-state index contributed by atoms with van der Waals surface area (Å²) in [5.41, 5.74) is 1.08. The highest BCUT2D eigenvalue weighted by atomic mass is 19.4. The quantitative estimate of drug-likeness (QED) is 0.500. The Bertz CT molecular complexity index is 609. The first kappa shape index (κ1) is 14.1. The van der Waals surface area contributed by atoms with Gasteiger partial charge in [0.15, 0.2) is 5.84 Å². The SMILES string of the molecule is ONC(=Nc1ccccc1)c1ccccc1C(F)(F)F. The van der Waals surface area contributed by atoms with Crippen LogP contribution in [0.15, 0.2) is 59.6 Å². The molecule has 0 saturated heterocycles. The van der Waals surface area contributed by atoms with E-state index in [0.717, 1.165) is 6.07 Å². The number of nitrogens with one attached hydrogen (secondary N) is 1. The van der Waals surface area contributed by atoms with E-state index in [9.17, 15) is 13.2 Å². The lowest BCUT2D eigenvalue weighted by Gasteiger charge is -2.13. The summed E-state index contributed by atoms with van der Waals surface area (Å²) in [7, 11) is 0. The van der Waals surface area contributed by atoms with Gasteiger partial charge in [0.1, 0.15) is 0 Å². The molecule has 0 fully saturated rings. The normalized spacial score (nSPS) is 12.3. The average Bonchev–Trinajstić information content (AvgIpc) is 2.45. The highest BCUT2D eigenvalue weighted by molar-refractivity contribution is 6.00. The topological polar surface area (TPSA) is 44.6 Å². The Hall–Kier alpha value is -2.34. The maximum Gasteiger partial charge on any atom is 0.417 e. The van der Waals surface area contributed by atoms with Crippen LogP contribution in [0.25, 0.3) is 0 Å². The molecule has 6 heteroatoms. The molecule has 0 spiro atoms. The zero-order chi connectivity index (χ0) is 14.6. The minimum Gasteiger partial charge on any atom is -0.290 e. The Morgan fingerprint density at radius 2 is 1.55 bits per heavy atom. The number of hydrogen-bond donors (Lipinski definition) is 2. The number of benzene rings is 2. The molecule has 2 rings (SSSR count). The summed E-state index contributed by atoms with van der Waals surface area (Å²) < 4.78 is 38.8. The molecular weight excluding hydrogens is 269 g/mol. The van der Waals surface area contributed by atoms with E-state index in [1.807, 2.05) is 0 Å². The van der Waals surface area contributed by atoms with E-state index in [-0.39, 0.29) is 11.4 Å². The molecule has 0 heterocycles. The van der Waals surface area contributed by atoms with Crippen LogP contribution in [0.2, 0.25) is 0 Å². The van der Waals surface area contributed by atoms with Gasteiger partial charge in [-0.1, -0.05) is 36.4 Å². The van der Waals surface area contributed by atoms with Crippen molar-refractivity contribution in [1.29, 1.82) is 0 Å². The number of aliphatic imine (C=N–C) groups is 1. The minimum absolute atomic E-state index is 0.216. The fourth-order valence-corrected chi connectivity index (χ4v) is 1.71. The number of alkyl halides is 3. The second kappa shape index (κ2) is 5.75. The standard InChI is InChI=1S/C14H11F3N2O/c15-14(16,17)12-9-5-4-8-11(12)13(19-20)18-10-6-2-1-3-7-10/h1-9,20H,(H,18,19). The number of hydroxylamine groups is 1. The first-order valence-electron chi connectivity index (χ1n) is 5.73. The van der Waals surface area contributed by atoms with Gasteiger partial charge < -0.3 is 0 Å². The molecule has 0 amide bonds. The van der Waals surface area contributed by atoms with Gasteiger partial charge in [0.05, 0.1) is 11.3 Å². The van der Waals surface area contributed by atoms with Crippen LogP contribution in [-0.2, 0) is 6.18 Å². The molecule has 0 aliphatic heterocycles. The fraction of sp³-hybridized carbons (Fsp3) is 0.0714. The van der Waals surface area contributed by atoms with Crippen LogP contribution in [0.3, 0.4) is 0 Å². The van der Waals surface area contributed by atoms with Crippen molar-refractivity contribution < 1.29 is 18.4 Å². The lowest BCUT2D eigenvalue weighted by molar-refractivity contribution is -0.137. The van der Waals surface area contributed by atoms with Gasteiger partial charge in [-0.15, -0.1) is 0 Å². The molecule has 20 heavy (non-hydrogen) atoms. The Kier molecular flexibility index (Phi) is 4.05. The van der Waals surface area contributed by atoms with Crippen molar-refractivity contribution in [1.82, 2.24) is 5.48 Å². The summed E-state index contributed by atoms with van der Waals surface area (Å²) in [5.74, 6) is -0.260. The van der Waals surface area contributed by atoms with Gasteiger partial charge in [-0.25, -0.2) is 4.99 Å². The smallest absolute Gasteiger partial charge is 0.290 e. The summed E-state index contributed by atoms with van der Waals surface area (Å²) in [5, 5.41) is 9.08. The number of para-hydroxylation sites is 1. The zero-order valence-electron chi connectivity index (χ0n) is 10.2. The molecule has 0 unspecified atom stereocenters. The Balaban J connectivity index is 2.51. The average molecular weight is 280 g/mol. The lowest BCUT2D eigenvalue weighted by Crippen LogP contribution is -2.24. The van der Waals surface area contributed by atoms with E-state index >= 15 is 0 Å². The predicted octanol–water partition coefficient (Wildman–Crippen LogP) is 3.76. The monoisotopic (exact) mass is 280 g/mol. The number of rotatable bonds is 2. The van der Waals surface area contributed by atoms with Crippen molar-refractivity contribution in [3.8, 4) is 0 Å². The highest BCUT2D eigenvalue weighted by Crippen LogP contribution is 2.32. The van der Waals surface area contributed by atoms with Crippen molar-refractivity contribution in [3.05, 3.63) is 65.7 Å². The van der Waals surface area contributed by atoms with Gasteiger partial charge in [0.25, 0.3) is 0 Å². The molecule has 2 aromatic carbocycles. The molecule has 0 aliphatic rings. The van der Waals surface area contributed by atoms with E-state index in [1.54, 1.807) is 35.8 Å². The number of halogens is 3. The van der Waals surface area contributed by atoms with Crippen molar-refractivity contribution in [3.63, 3.8) is 0 Å². The molecular formula is C14H11F3N2O. The Labute approximate surface area is 113 Å². The van der Waals surface area contributed by atoms with Gasteiger partial charge in [-0.05, 0) is 18.2 Å². The third kappa shape index (κ3) is 3.16. The predicted molar refractivity (Wildman–Crippen MR) is 69.0 cm³/mol. The number of hydrogen-bond acceptors (Lipinski definition) is 2. The highest BCUT2D eigenvalue weighted by Gasteiger charge is 2.34. The third-order valence-corrected chi connectivity index (χ3v) is 2.59. The van der Waals surface area contributed by atoms with Crippen LogP contribution in [0.4, 0.5) is 18.9 Å². The molecule has 2 aromatic rings. The van der Waals surface area contributed by atoms with Crippen molar-refractivity contribution >= 4 is 11.5 Å². The van der Waals surface area contributed by atoms with Gasteiger partial charge in [-0.3, -0.25) is 10.7 Å². The van der Waals surface area contributed by atoms with E-state index in [0.29, 0.717) is 5.69 Å². The molecule has 0 aromatic heterocycles. The maximum atomic E-state index is 12.9. The van der Waals surface area contributed by atoms with Crippen molar-refractivity contribution in [2.45, 2.75) is 6.18 Å². The Morgan fingerprint density at radius 3 is 2.15 bits per heavy atom. The summed E-state index contributed by atoms with van der Waals surface area (Å²) in [6.45, 7) is 0. The van der Waals surface area contributed by atoms with Crippen molar-refractivity contribution in [2.75, 3.05) is 0 Å². The number of amidine groups is 1. The summed E-state index contributed by atoms with van der Waals surface area (Å²) in [4.78, 5) is 3.98.